The van der Waals surface area contributed by atoms with Gasteiger partial charge in [-0.25, -0.2) is 9.55 Å². The van der Waals surface area contributed by atoms with Gasteiger partial charge >= 0.3 is 5.82 Å². The normalized spacial score (nSPS) is 11.1. The van der Waals surface area contributed by atoms with Crippen molar-refractivity contribution in [3.63, 3.8) is 0 Å². The van der Waals surface area contributed by atoms with E-state index < -0.39 is 4.92 Å². The standard InChI is InChI=1S/C13H13ClN4O3/c1-9-16-8-13(18(20)21)17(9)5-4-15-7-10-6-11(14)2-3-12(10)19/h2-3,6-8,19H,4-5H2,1H3. The molecule has 0 radical (unpaired) electrons. The molecule has 0 spiro atoms. The Hall–Kier alpha value is -2.41. The predicted molar refractivity (Wildman–Crippen MR) is 79.2 cm³/mol. The van der Waals surface area contributed by atoms with Crippen molar-refractivity contribution < 1.29 is 10.0 Å². The summed E-state index contributed by atoms with van der Waals surface area (Å²) in [6.45, 7) is 2.35. The lowest BCUT2D eigenvalue weighted by molar-refractivity contribution is -0.392. The molecule has 1 aromatic heterocycles. The van der Waals surface area contributed by atoms with Crippen LogP contribution in [0.25, 0.3) is 0 Å². The zero-order valence-electron chi connectivity index (χ0n) is 11.2. The molecule has 0 aliphatic carbocycles. The van der Waals surface area contributed by atoms with Crippen LogP contribution in [0.1, 0.15) is 11.4 Å². The Balaban J connectivity index is 2.05. The van der Waals surface area contributed by atoms with E-state index in [0.717, 1.165) is 0 Å². The largest absolute Gasteiger partial charge is 0.507 e. The van der Waals surface area contributed by atoms with Crippen LogP contribution in [0.5, 0.6) is 5.75 Å². The highest BCUT2D eigenvalue weighted by molar-refractivity contribution is 6.30. The summed E-state index contributed by atoms with van der Waals surface area (Å²) in [5, 5.41) is 21.0. The minimum absolute atomic E-state index is 0.0618. The first-order chi connectivity index (χ1) is 9.99. The topological polar surface area (TPSA) is 93.5 Å². The molecule has 0 unspecified atom stereocenters. The summed E-state index contributed by atoms with van der Waals surface area (Å²) in [6, 6.07) is 4.65. The van der Waals surface area contributed by atoms with Gasteiger partial charge in [0.1, 0.15) is 18.5 Å². The molecule has 0 saturated carbocycles. The van der Waals surface area contributed by atoms with Crippen LogP contribution in [0.4, 0.5) is 5.82 Å². The number of rotatable bonds is 5. The molecular weight excluding hydrogens is 296 g/mol. The molecule has 0 aliphatic rings. The van der Waals surface area contributed by atoms with E-state index in [1.165, 1.54) is 23.0 Å². The van der Waals surface area contributed by atoms with Crippen LogP contribution >= 0.6 is 11.6 Å². The number of aliphatic imine (C=N–C) groups is 1. The molecule has 110 valence electrons. The molecule has 2 aromatic rings. The summed E-state index contributed by atoms with van der Waals surface area (Å²) in [5.41, 5.74) is 0.499. The van der Waals surface area contributed by atoms with Gasteiger partial charge in [0.15, 0.2) is 5.82 Å². The number of imidazole rings is 1. The first-order valence-corrected chi connectivity index (χ1v) is 6.51. The first-order valence-electron chi connectivity index (χ1n) is 6.14. The predicted octanol–water partition coefficient (Wildman–Crippen LogP) is 2.58. The fraction of sp³-hybridized carbons (Fsp3) is 0.231. The second kappa shape index (κ2) is 6.36. The number of phenolic OH excluding ortho intramolecular Hbond substituents is 1. The number of nitrogens with zero attached hydrogens (tertiary/aromatic N) is 4. The van der Waals surface area contributed by atoms with Crippen LogP contribution in [0.3, 0.4) is 0 Å². The molecule has 1 heterocycles. The van der Waals surface area contributed by atoms with Gasteiger partial charge in [0.25, 0.3) is 0 Å². The van der Waals surface area contributed by atoms with Crippen LogP contribution in [-0.4, -0.2) is 32.3 Å². The Kier molecular flexibility index (Phi) is 4.54. The van der Waals surface area contributed by atoms with E-state index in [9.17, 15) is 15.2 Å². The quantitative estimate of drug-likeness (QED) is 0.522. The van der Waals surface area contributed by atoms with Gasteiger partial charge in [-0.1, -0.05) is 11.6 Å². The minimum Gasteiger partial charge on any atom is -0.507 e. The molecule has 1 N–H and O–H groups in total. The fourth-order valence-electron chi connectivity index (χ4n) is 1.83. The van der Waals surface area contributed by atoms with E-state index in [2.05, 4.69) is 9.98 Å². The molecule has 2 rings (SSSR count). The molecule has 21 heavy (non-hydrogen) atoms. The van der Waals surface area contributed by atoms with Gasteiger partial charge in [-0.15, -0.1) is 0 Å². The Morgan fingerprint density at radius 1 is 1.57 bits per heavy atom. The highest BCUT2D eigenvalue weighted by Crippen LogP contribution is 2.19. The third kappa shape index (κ3) is 3.57. The summed E-state index contributed by atoms with van der Waals surface area (Å²) < 4.78 is 1.48. The van der Waals surface area contributed by atoms with Gasteiger partial charge in [-0.2, -0.15) is 0 Å². The fourth-order valence-corrected chi connectivity index (χ4v) is 2.01. The number of benzene rings is 1. The first kappa shape index (κ1) is 15.0. The molecule has 0 bridgehead atoms. The number of halogens is 1. The van der Waals surface area contributed by atoms with Crippen molar-refractivity contribution in [3.05, 3.63) is 50.9 Å². The monoisotopic (exact) mass is 308 g/mol. The Morgan fingerprint density at radius 3 is 3.05 bits per heavy atom. The average Bonchev–Trinajstić information content (AvgIpc) is 2.80. The van der Waals surface area contributed by atoms with Gasteiger partial charge in [-0.3, -0.25) is 4.99 Å². The number of phenols is 1. The molecule has 0 amide bonds. The molecule has 0 saturated heterocycles. The highest BCUT2D eigenvalue weighted by Gasteiger charge is 2.16. The Morgan fingerprint density at radius 2 is 2.33 bits per heavy atom. The maximum Gasteiger partial charge on any atom is 0.342 e. The molecule has 1 aromatic carbocycles. The van der Waals surface area contributed by atoms with Crippen molar-refractivity contribution in [3.8, 4) is 5.75 Å². The van der Waals surface area contributed by atoms with Crippen molar-refractivity contribution in [2.75, 3.05) is 6.54 Å². The van der Waals surface area contributed by atoms with Crippen molar-refractivity contribution in [2.45, 2.75) is 13.5 Å². The van der Waals surface area contributed by atoms with E-state index in [1.807, 2.05) is 0 Å². The van der Waals surface area contributed by atoms with E-state index in [-0.39, 0.29) is 11.6 Å². The molecule has 8 heteroatoms. The number of aromatic hydroxyl groups is 1. The lowest BCUT2D eigenvalue weighted by Crippen LogP contribution is -2.07. The molecular formula is C13H13ClN4O3. The number of aromatic nitrogens is 2. The second-order valence-electron chi connectivity index (χ2n) is 4.31. The van der Waals surface area contributed by atoms with E-state index in [1.54, 1.807) is 19.1 Å². The molecule has 7 nitrogen and oxygen atoms in total. The summed E-state index contributed by atoms with van der Waals surface area (Å²) in [6.07, 6.45) is 2.71. The Bertz CT molecular complexity index is 697. The van der Waals surface area contributed by atoms with Crippen LogP contribution in [0.2, 0.25) is 5.02 Å². The number of hydrogen-bond acceptors (Lipinski definition) is 5. The average molecular weight is 309 g/mol. The van der Waals surface area contributed by atoms with Crippen LogP contribution in [0.15, 0.2) is 29.4 Å². The van der Waals surface area contributed by atoms with Gasteiger partial charge in [0.2, 0.25) is 0 Å². The van der Waals surface area contributed by atoms with Gasteiger partial charge < -0.3 is 15.2 Å². The third-order valence-corrected chi connectivity index (χ3v) is 3.13. The minimum atomic E-state index is -0.480. The summed E-state index contributed by atoms with van der Waals surface area (Å²) in [5.74, 6) is 0.573. The maximum absolute atomic E-state index is 10.8. The van der Waals surface area contributed by atoms with Gasteiger partial charge in [0, 0.05) is 23.7 Å². The van der Waals surface area contributed by atoms with E-state index in [0.29, 0.717) is 29.5 Å². The highest BCUT2D eigenvalue weighted by atomic mass is 35.5. The van der Waals surface area contributed by atoms with Crippen molar-refractivity contribution in [1.82, 2.24) is 9.55 Å². The summed E-state index contributed by atoms with van der Waals surface area (Å²) in [7, 11) is 0. The van der Waals surface area contributed by atoms with Crippen LogP contribution in [-0.2, 0) is 6.54 Å². The Labute approximate surface area is 125 Å². The molecule has 0 aliphatic heterocycles. The van der Waals surface area contributed by atoms with Crippen LogP contribution in [0, 0.1) is 17.0 Å². The van der Waals surface area contributed by atoms with Gasteiger partial charge in [-0.05, 0) is 23.1 Å². The lowest BCUT2D eigenvalue weighted by atomic mass is 10.2. The van der Waals surface area contributed by atoms with Crippen LogP contribution < -0.4 is 0 Å². The van der Waals surface area contributed by atoms with E-state index >= 15 is 0 Å². The van der Waals surface area contributed by atoms with Gasteiger partial charge in [0.05, 0.1) is 6.54 Å². The SMILES string of the molecule is Cc1ncc([N+](=O)[O-])n1CCN=Cc1cc(Cl)ccc1O. The van der Waals surface area contributed by atoms with Crippen molar-refractivity contribution in [2.24, 2.45) is 4.99 Å². The zero-order chi connectivity index (χ0) is 15.4. The molecule has 0 atom stereocenters. The third-order valence-electron chi connectivity index (χ3n) is 2.89. The second-order valence-corrected chi connectivity index (χ2v) is 4.75. The summed E-state index contributed by atoms with van der Waals surface area (Å²) in [4.78, 5) is 18.4. The zero-order valence-corrected chi connectivity index (χ0v) is 12.0. The van der Waals surface area contributed by atoms with E-state index in [4.69, 9.17) is 11.6 Å². The van der Waals surface area contributed by atoms with Crippen molar-refractivity contribution >= 4 is 23.6 Å². The molecule has 0 fully saturated rings. The van der Waals surface area contributed by atoms with Crippen molar-refractivity contribution in [1.29, 1.82) is 0 Å². The smallest absolute Gasteiger partial charge is 0.342 e. The lowest BCUT2D eigenvalue weighted by Gasteiger charge is -2.01. The number of nitro groups is 1. The maximum atomic E-state index is 10.8. The number of aryl methyl sites for hydroxylation is 1. The summed E-state index contributed by atoms with van der Waals surface area (Å²) >= 11 is 5.83. The number of hydrogen-bond donors (Lipinski definition) is 1.